The summed E-state index contributed by atoms with van der Waals surface area (Å²) in [6.45, 7) is 0.881. The molecule has 11 heteroatoms. The fourth-order valence-corrected chi connectivity index (χ4v) is 6.28. The van der Waals surface area contributed by atoms with Crippen LogP contribution < -0.4 is 16.6 Å². The molecule has 1 aliphatic heterocycles. The van der Waals surface area contributed by atoms with Crippen LogP contribution in [0.3, 0.4) is 0 Å². The van der Waals surface area contributed by atoms with Crippen LogP contribution in [0.25, 0.3) is 0 Å². The molecule has 0 radical (unpaired) electrons. The zero-order chi connectivity index (χ0) is 22.2. The second kappa shape index (κ2) is 17.1. The zero-order valence-electron chi connectivity index (χ0n) is 18.0. The van der Waals surface area contributed by atoms with Gasteiger partial charge in [-0.15, -0.1) is 23.2 Å². The number of hydrogen-bond acceptors (Lipinski definition) is 6. The highest BCUT2D eigenvalue weighted by Crippen LogP contribution is 2.51. The average Bonchev–Trinajstić information content (AvgIpc) is 2.76. The van der Waals surface area contributed by atoms with E-state index in [0.717, 1.165) is 0 Å². The number of nitrogens with zero attached hydrogens (tertiary/aromatic N) is 1. The Morgan fingerprint density at radius 3 is 1.87 bits per heavy atom. The first-order valence-electron chi connectivity index (χ1n) is 11.2. The maximum atomic E-state index is 12.4. The minimum atomic E-state index is -3.20. The highest BCUT2D eigenvalue weighted by Gasteiger charge is 2.41. The van der Waals surface area contributed by atoms with Crippen LogP contribution in [0.5, 0.6) is 0 Å². The Hall–Kier alpha value is 0.530. The van der Waals surface area contributed by atoms with Crippen LogP contribution in [0, 0.1) is 0 Å². The lowest BCUT2D eigenvalue weighted by atomic mass is 9.97. The van der Waals surface area contributed by atoms with E-state index in [1.54, 1.807) is 0 Å². The Morgan fingerprint density at radius 1 is 0.967 bits per heavy atom. The van der Waals surface area contributed by atoms with Crippen LogP contribution in [-0.2, 0) is 14.0 Å². The first-order chi connectivity index (χ1) is 14.5. The van der Waals surface area contributed by atoms with E-state index < -0.39 is 13.9 Å². The molecule has 0 amide bonds. The predicted octanol–water partition coefficient (Wildman–Crippen LogP) is 4.26. The van der Waals surface area contributed by atoms with Gasteiger partial charge in [0, 0.05) is 43.4 Å². The molecule has 180 valence electrons. The first kappa shape index (κ1) is 28.6. The van der Waals surface area contributed by atoms with Crippen LogP contribution in [0.4, 0.5) is 0 Å². The van der Waals surface area contributed by atoms with E-state index >= 15 is 0 Å². The third-order valence-electron chi connectivity index (χ3n) is 5.44. The van der Waals surface area contributed by atoms with Crippen LogP contribution in [-0.4, -0.2) is 59.7 Å². The van der Waals surface area contributed by atoms with Crippen molar-refractivity contribution in [3.63, 3.8) is 0 Å². The van der Waals surface area contributed by atoms with Crippen LogP contribution in [0.15, 0.2) is 0 Å². The van der Waals surface area contributed by atoms with E-state index in [4.69, 9.17) is 44.5 Å². The summed E-state index contributed by atoms with van der Waals surface area (Å²) in [5, 5.41) is 11.5. The van der Waals surface area contributed by atoms with Gasteiger partial charge in [-0.25, -0.2) is 9.97 Å². The highest BCUT2D eigenvalue weighted by atomic mass is 35.5. The molecule has 8 nitrogen and oxygen atoms in total. The number of nitrogens with two attached hydrogens (primary N) is 2. The van der Waals surface area contributed by atoms with Crippen LogP contribution >= 0.6 is 30.9 Å². The van der Waals surface area contributed by atoms with Gasteiger partial charge in [0.1, 0.15) is 0 Å². The Morgan fingerprint density at radius 2 is 1.50 bits per heavy atom. The number of rotatable bonds is 6. The van der Waals surface area contributed by atoms with Crippen molar-refractivity contribution in [1.82, 2.24) is 9.76 Å². The summed E-state index contributed by atoms with van der Waals surface area (Å²) in [4.78, 5) is 4.27. The van der Waals surface area contributed by atoms with E-state index in [-0.39, 0.29) is 12.5 Å². The average molecular weight is 491 g/mol. The summed E-state index contributed by atoms with van der Waals surface area (Å²) in [6, 6.07) is 1.07. The van der Waals surface area contributed by atoms with Gasteiger partial charge in [0.2, 0.25) is 0 Å². The highest BCUT2D eigenvalue weighted by molar-refractivity contribution is 7.54. The third-order valence-corrected chi connectivity index (χ3v) is 8.09. The molecule has 0 spiro atoms. The predicted molar refractivity (Wildman–Crippen MR) is 124 cm³/mol. The van der Waals surface area contributed by atoms with Gasteiger partial charge in [-0.2, -0.15) is 4.67 Å². The summed E-state index contributed by atoms with van der Waals surface area (Å²) in [7, 11) is -3.20. The first-order valence-corrected chi connectivity index (χ1v) is 13.8. The molecule has 6 N–H and O–H groups in total. The monoisotopic (exact) mass is 490 g/mol. The second-order valence-corrected chi connectivity index (χ2v) is 10.8. The molecule has 3 rings (SSSR count). The van der Waals surface area contributed by atoms with Gasteiger partial charge in [0.05, 0.1) is 6.61 Å². The number of alkyl halides is 2. The van der Waals surface area contributed by atoms with E-state index in [1.165, 1.54) is 68.9 Å². The van der Waals surface area contributed by atoms with Crippen molar-refractivity contribution < 1.29 is 19.2 Å². The number of hydrogen-bond donors (Lipinski definition) is 4. The minimum absolute atomic E-state index is 0.247. The lowest BCUT2D eigenvalue weighted by Crippen LogP contribution is -2.44. The molecule has 2 atom stereocenters. The van der Waals surface area contributed by atoms with Gasteiger partial charge in [-0.1, -0.05) is 38.5 Å². The molecule has 2 saturated carbocycles. The summed E-state index contributed by atoms with van der Waals surface area (Å²) >= 11 is 11.1. The van der Waals surface area contributed by atoms with Crippen LogP contribution in [0.1, 0.15) is 70.6 Å². The molecule has 0 bridgehead atoms. The second-order valence-electron chi connectivity index (χ2n) is 7.95. The van der Waals surface area contributed by atoms with Crippen molar-refractivity contribution in [3.05, 3.63) is 0 Å². The molecule has 1 saturated heterocycles. The standard InChI is InChI=1S/C7H15Cl2N2O4P.2C6H13N/c8-2-4-10-16(13)11(5-3-9)7(15-12)1-6-14-16;2*7-6-4-2-1-3-5-6/h7,12H,1-6H2,(H,10,13);2*6H,1-5,7H2. The van der Waals surface area contributed by atoms with Gasteiger partial charge >= 0.3 is 7.67 Å². The topological polar surface area (TPSA) is 123 Å². The maximum absolute atomic E-state index is 12.4. The van der Waals surface area contributed by atoms with E-state index in [0.29, 0.717) is 37.5 Å². The quantitative estimate of drug-likeness (QED) is 0.188. The van der Waals surface area contributed by atoms with Gasteiger partial charge in [-0.3, -0.25) is 9.82 Å². The van der Waals surface area contributed by atoms with Gasteiger partial charge in [0.25, 0.3) is 0 Å². The normalized spacial score (nSPS) is 28.8. The zero-order valence-corrected chi connectivity index (χ0v) is 20.4. The van der Waals surface area contributed by atoms with Crippen molar-refractivity contribution in [3.8, 4) is 0 Å². The van der Waals surface area contributed by atoms with Crippen LogP contribution in [0.2, 0.25) is 0 Å². The Balaban J connectivity index is 0.000000263. The van der Waals surface area contributed by atoms with E-state index in [1.807, 2.05) is 0 Å². The summed E-state index contributed by atoms with van der Waals surface area (Å²) in [5.74, 6) is 0.572. The summed E-state index contributed by atoms with van der Waals surface area (Å²) < 4.78 is 19.0. The van der Waals surface area contributed by atoms with E-state index in [9.17, 15) is 4.57 Å². The molecular weight excluding hydrogens is 450 g/mol. The Kier molecular flexibility index (Phi) is 16.2. The van der Waals surface area contributed by atoms with Gasteiger partial charge < -0.3 is 16.0 Å². The number of nitrogens with one attached hydrogen (secondary N) is 1. The smallest absolute Gasteiger partial charge is 0.328 e. The molecule has 0 aromatic carbocycles. The molecule has 30 heavy (non-hydrogen) atoms. The third kappa shape index (κ3) is 11.4. The van der Waals surface area contributed by atoms with Crippen molar-refractivity contribution in [2.45, 2.75) is 88.9 Å². The number of halogens is 2. The molecule has 3 fully saturated rings. The van der Waals surface area contributed by atoms with Crippen molar-refractivity contribution >= 4 is 30.9 Å². The Bertz CT molecular complexity index is 454. The summed E-state index contributed by atoms with van der Waals surface area (Å²) in [6.07, 6.45) is 13.1. The molecular formula is C19H41Cl2N4O4P. The minimum Gasteiger partial charge on any atom is -0.328 e. The van der Waals surface area contributed by atoms with Gasteiger partial charge in [0.15, 0.2) is 6.23 Å². The fourth-order valence-electron chi connectivity index (χ4n) is 3.73. The SMILES string of the molecule is NC1CCCCC1.NC1CCCCC1.O=P1(NCCCl)OCCC(OO)N1CCCl. The molecule has 2 unspecified atom stereocenters. The van der Waals surface area contributed by atoms with E-state index in [2.05, 4.69) is 9.97 Å². The fraction of sp³-hybridized carbons (Fsp3) is 1.00. The molecule has 0 aromatic heterocycles. The van der Waals surface area contributed by atoms with Crippen molar-refractivity contribution in [1.29, 1.82) is 0 Å². The van der Waals surface area contributed by atoms with Gasteiger partial charge in [-0.05, 0) is 25.7 Å². The Labute approximate surface area is 191 Å². The molecule has 0 aromatic rings. The van der Waals surface area contributed by atoms with Crippen molar-refractivity contribution in [2.24, 2.45) is 11.5 Å². The largest absolute Gasteiger partial charge is 0.345 e. The lowest BCUT2D eigenvalue weighted by Gasteiger charge is -2.38. The molecule has 1 heterocycles. The van der Waals surface area contributed by atoms with Crippen molar-refractivity contribution in [2.75, 3.05) is 31.5 Å². The molecule has 2 aliphatic carbocycles. The summed E-state index contributed by atoms with van der Waals surface area (Å²) in [5.41, 5.74) is 11.3. The molecule has 3 aliphatic rings. The lowest BCUT2D eigenvalue weighted by molar-refractivity contribution is -0.308. The maximum Gasteiger partial charge on any atom is 0.345 e.